The van der Waals surface area contributed by atoms with E-state index in [-0.39, 0.29) is 0 Å². The minimum atomic E-state index is 0.375. The van der Waals surface area contributed by atoms with Crippen molar-refractivity contribution in [1.29, 1.82) is 0 Å². The lowest BCUT2D eigenvalue weighted by Crippen LogP contribution is -2.20. The summed E-state index contributed by atoms with van der Waals surface area (Å²) in [7, 11) is 0. The van der Waals surface area contributed by atoms with Gasteiger partial charge in [-0.1, -0.05) is 25.9 Å². The molecule has 14 heavy (non-hydrogen) atoms. The van der Waals surface area contributed by atoms with Crippen molar-refractivity contribution in [2.24, 2.45) is 5.41 Å². The van der Waals surface area contributed by atoms with Crippen LogP contribution in [0.5, 0.6) is 0 Å². The normalized spacial score (nSPS) is 12.0. The molecule has 0 aliphatic heterocycles. The van der Waals surface area contributed by atoms with Crippen LogP contribution < -0.4 is 5.32 Å². The lowest BCUT2D eigenvalue weighted by Gasteiger charge is -2.17. The fourth-order valence-electron chi connectivity index (χ4n) is 1.08. The zero-order chi connectivity index (χ0) is 10.6. The van der Waals surface area contributed by atoms with Gasteiger partial charge in [-0.15, -0.1) is 0 Å². The Morgan fingerprint density at radius 2 is 2.07 bits per heavy atom. The van der Waals surface area contributed by atoms with Crippen molar-refractivity contribution in [3.63, 3.8) is 0 Å². The van der Waals surface area contributed by atoms with Crippen LogP contribution in [0.15, 0.2) is 4.52 Å². The van der Waals surface area contributed by atoms with Gasteiger partial charge in [-0.2, -0.15) is 4.98 Å². The highest BCUT2D eigenvalue weighted by molar-refractivity contribution is 4.82. The molecule has 0 atom stereocenters. The Balaban J connectivity index is 2.16. The van der Waals surface area contributed by atoms with Gasteiger partial charge in [-0.3, -0.25) is 0 Å². The van der Waals surface area contributed by atoms with Gasteiger partial charge < -0.3 is 9.84 Å². The standard InChI is InChI=1S/C10H19N3O/c1-8-12-9(13-14-8)7-11-6-5-10(2,3)4/h11H,5-7H2,1-4H3. The Morgan fingerprint density at radius 3 is 2.57 bits per heavy atom. The summed E-state index contributed by atoms with van der Waals surface area (Å²) in [5.41, 5.74) is 0.375. The Kier molecular flexibility index (Phi) is 3.63. The van der Waals surface area contributed by atoms with Crippen LogP contribution in [-0.2, 0) is 6.54 Å². The number of nitrogens with one attached hydrogen (secondary N) is 1. The van der Waals surface area contributed by atoms with Crippen LogP contribution in [-0.4, -0.2) is 16.7 Å². The van der Waals surface area contributed by atoms with E-state index in [4.69, 9.17) is 4.52 Å². The van der Waals surface area contributed by atoms with Crippen LogP contribution in [0.25, 0.3) is 0 Å². The number of nitrogens with zero attached hydrogens (tertiary/aromatic N) is 2. The maximum absolute atomic E-state index is 4.86. The Labute approximate surface area is 85.1 Å². The summed E-state index contributed by atoms with van der Waals surface area (Å²) in [5.74, 6) is 1.36. The highest BCUT2D eigenvalue weighted by Crippen LogP contribution is 2.16. The number of rotatable bonds is 4. The van der Waals surface area contributed by atoms with Gasteiger partial charge >= 0.3 is 0 Å². The molecule has 0 bridgehead atoms. The van der Waals surface area contributed by atoms with Crippen molar-refractivity contribution in [2.45, 2.75) is 40.7 Å². The predicted octanol–water partition coefficient (Wildman–Crippen LogP) is 1.90. The van der Waals surface area contributed by atoms with Crippen molar-refractivity contribution in [3.8, 4) is 0 Å². The molecule has 0 radical (unpaired) electrons. The lowest BCUT2D eigenvalue weighted by atomic mass is 9.92. The molecule has 0 spiro atoms. The van der Waals surface area contributed by atoms with Crippen LogP contribution in [0.4, 0.5) is 0 Å². The van der Waals surface area contributed by atoms with E-state index in [1.807, 2.05) is 0 Å². The van der Waals surface area contributed by atoms with Crippen LogP contribution in [0.3, 0.4) is 0 Å². The highest BCUT2D eigenvalue weighted by atomic mass is 16.5. The van der Waals surface area contributed by atoms with Gasteiger partial charge in [0.05, 0.1) is 6.54 Å². The number of aryl methyl sites for hydroxylation is 1. The maximum atomic E-state index is 4.86. The van der Waals surface area contributed by atoms with E-state index in [2.05, 4.69) is 36.2 Å². The molecule has 0 saturated heterocycles. The average molecular weight is 197 g/mol. The second-order valence-electron chi connectivity index (χ2n) is 4.72. The van der Waals surface area contributed by atoms with Gasteiger partial charge in [0.25, 0.3) is 0 Å². The Morgan fingerprint density at radius 1 is 1.36 bits per heavy atom. The van der Waals surface area contributed by atoms with Crippen molar-refractivity contribution in [3.05, 3.63) is 11.7 Å². The van der Waals surface area contributed by atoms with Crippen LogP contribution >= 0.6 is 0 Å². The van der Waals surface area contributed by atoms with Crippen LogP contribution in [0, 0.1) is 12.3 Å². The molecule has 0 saturated carbocycles. The molecule has 1 aromatic rings. The summed E-state index contributed by atoms with van der Waals surface area (Å²) in [6.45, 7) is 10.2. The molecule has 0 aliphatic carbocycles. The van der Waals surface area contributed by atoms with Crippen molar-refractivity contribution >= 4 is 0 Å². The molecule has 4 nitrogen and oxygen atoms in total. The van der Waals surface area contributed by atoms with E-state index in [9.17, 15) is 0 Å². The van der Waals surface area contributed by atoms with Crippen LogP contribution in [0.2, 0.25) is 0 Å². The van der Waals surface area contributed by atoms with E-state index in [0.717, 1.165) is 18.8 Å². The first-order chi connectivity index (χ1) is 6.47. The number of hydrogen-bond acceptors (Lipinski definition) is 4. The van der Waals surface area contributed by atoms with Crippen molar-refractivity contribution in [1.82, 2.24) is 15.5 Å². The molecule has 80 valence electrons. The first kappa shape index (κ1) is 11.2. The van der Waals surface area contributed by atoms with Gasteiger partial charge in [0, 0.05) is 6.92 Å². The molecule has 1 aromatic heterocycles. The summed E-state index contributed by atoms with van der Waals surface area (Å²) in [6.07, 6.45) is 1.14. The minimum absolute atomic E-state index is 0.375. The van der Waals surface area contributed by atoms with E-state index < -0.39 is 0 Å². The van der Waals surface area contributed by atoms with E-state index in [1.54, 1.807) is 6.92 Å². The quantitative estimate of drug-likeness (QED) is 0.749. The first-order valence-electron chi connectivity index (χ1n) is 4.97. The van der Waals surface area contributed by atoms with Gasteiger partial charge in [0.1, 0.15) is 0 Å². The van der Waals surface area contributed by atoms with E-state index >= 15 is 0 Å². The predicted molar refractivity (Wildman–Crippen MR) is 54.8 cm³/mol. The molecule has 0 aromatic carbocycles. The van der Waals surface area contributed by atoms with Crippen molar-refractivity contribution in [2.75, 3.05) is 6.54 Å². The number of hydrogen-bond donors (Lipinski definition) is 1. The Bertz CT molecular complexity index is 275. The van der Waals surface area contributed by atoms with Gasteiger partial charge in [-0.05, 0) is 18.4 Å². The molecule has 4 heteroatoms. The third-order valence-corrected chi connectivity index (χ3v) is 1.90. The third kappa shape index (κ3) is 4.37. The fraction of sp³-hybridized carbons (Fsp3) is 0.800. The second-order valence-corrected chi connectivity index (χ2v) is 4.72. The average Bonchev–Trinajstić information content (AvgIpc) is 2.44. The van der Waals surface area contributed by atoms with E-state index in [0.29, 0.717) is 17.9 Å². The summed E-state index contributed by atoms with van der Waals surface area (Å²) >= 11 is 0. The molecule has 0 fully saturated rings. The molecular weight excluding hydrogens is 178 g/mol. The molecule has 1 rings (SSSR count). The fourth-order valence-corrected chi connectivity index (χ4v) is 1.08. The first-order valence-corrected chi connectivity index (χ1v) is 4.97. The molecule has 1 N–H and O–H groups in total. The summed E-state index contributed by atoms with van der Waals surface area (Å²) < 4.78 is 4.86. The van der Waals surface area contributed by atoms with E-state index in [1.165, 1.54) is 0 Å². The summed E-state index contributed by atoms with van der Waals surface area (Å²) in [5, 5.41) is 7.09. The SMILES string of the molecule is Cc1nc(CNCCC(C)(C)C)no1. The monoisotopic (exact) mass is 197 g/mol. The van der Waals surface area contributed by atoms with Gasteiger partial charge in [0.15, 0.2) is 5.82 Å². The van der Waals surface area contributed by atoms with Crippen molar-refractivity contribution < 1.29 is 4.52 Å². The summed E-state index contributed by atoms with van der Waals surface area (Å²) in [6, 6.07) is 0. The van der Waals surface area contributed by atoms with Gasteiger partial charge in [-0.25, -0.2) is 0 Å². The molecule has 0 unspecified atom stereocenters. The smallest absolute Gasteiger partial charge is 0.223 e. The summed E-state index contributed by atoms with van der Waals surface area (Å²) in [4.78, 5) is 4.10. The zero-order valence-electron chi connectivity index (χ0n) is 9.42. The third-order valence-electron chi connectivity index (χ3n) is 1.90. The lowest BCUT2D eigenvalue weighted by molar-refractivity contribution is 0.361. The largest absolute Gasteiger partial charge is 0.340 e. The van der Waals surface area contributed by atoms with Crippen LogP contribution in [0.1, 0.15) is 38.9 Å². The second kappa shape index (κ2) is 4.55. The molecule has 0 aliphatic rings. The minimum Gasteiger partial charge on any atom is -0.340 e. The Hall–Kier alpha value is -0.900. The topological polar surface area (TPSA) is 51.0 Å². The number of aromatic nitrogens is 2. The zero-order valence-corrected chi connectivity index (χ0v) is 9.42. The van der Waals surface area contributed by atoms with Gasteiger partial charge in [0.2, 0.25) is 5.89 Å². The molecular formula is C10H19N3O. The highest BCUT2D eigenvalue weighted by Gasteiger charge is 2.09. The molecule has 1 heterocycles. The maximum Gasteiger partial charge on any atom is 0.223 e. The molecule has 0 amide bonds.